The number of para-hydroxylation sites is 1. The summed E-state index contributed by atoms with van der Waals surface area (Å²) in [6.45, 7) is 1.89. The van der Waals surface area contributed by atoms with Crippen molar-refractivity contribution in [1.29, 1.82) is 0 Å². The number of aromatic nitrogens is 2. The summed E-state index contributed by atoms with van der Waals surface area (Å²) >= 11 is 0. The van der Waals surface area contributed by atoms with Gasteiger partial charge in [0.1, 0.15) is 0 Å². The van der Waals surface area contributed by atoms with E-state index in [0.29, 0.717) is 18.1 Å². The molecule has 0 unspecified atom stereocenters. The van der Waals surface area contributed by atoms with Gasteiger partial charge in [-0.3, -0.25) is 14.6 Å². The van der Waals surface area contributed by atoms with E-state index in [0.717, 1.165) is 28.2 Å². The number of fused-ring (bicyclic) bond motifs is 5. The van der Waals surface area contributed by atoms with Crippen LogP contribution in [0.2, 0.25) is 0 Å². The van der Waals surface area contributed by atoms with Crippen molar-refractivity contribution < 1.29 is 4.79 Å². The molecule has 0 saturated heterocycles. The van der Waals surface area contributed by atoms with Gasteiger partial charge < -0.3 is 4.57 Å². The number of pyridine rings is 2. The van der Waals surface area contributed by atoms with Crippen LogP contribution in [0.4, 0.5) is 0 Å². The maximum absolute atomic E-state index is 12.5. The minimum absolute atomic E-state index is 0.230. The van der Waals surface area contributed by atoms with Crippen LogP contribution in [0, 0.1) is 6.92 Å². The molecule has 1 aliphatic rings. The average molecular weight is 276 g/mol. The Kier molecular flexibility index (Phi) is 2.36. The smallest absolute Gasteiger partial charge is 0.201 e. The highest BCUT2D eigenvalue weighted by atomic mass is 16.1. The maximum Gasteiger partial charge on any atom is 0.201 e. The van der Waals surface area contributed by atoms with Gasteiger partial charge in [-0.25, -0.2) is 0 Å². The number of aryl methyl sites for hydroxylation is 1. The van der Waals surface area contributed by atoms with Crippen molar-refractivity contribution >= 4 is 17.2 Å². The molecular formula is C17H12N2O2. The Balaban J connectivity index is 2.27. The van der Waals surface area contributed by atoms with Gasteiger partial charge in [-0.15, -0.1) is 0 Å². The van der Waals surface area contributed by atoms with Crippen LogP contribution in [0.1, 0.15) is 27.3 Å². The Hall–Kier alpha value is -2.75. The fourth-order valence-corrected chi connectivity index (χ4v) is 3.08. The summed E-state index contributed by atoms with van der Waals surface area (Å²) in [7, 11) is 0. The fourth-order valence-electron chi connectivity index (χ4n) is 3.08. The van der Waals surface area contributed by atoms with Gasteiger partial charge in [-0.1, -0.05) is 18.2 Å². The Bertz CT molecular complexity index is 970. The average Bonchev–Trinajstić information content (AvgIpc) is 2.86. The number of hydrogen-bond donors (Lipinski definition) is 0. The second-order valence-corrected chi connectivity index (χ2v) is 5.29. The van der Waals surface area contributed by atoms with Crippen LogP contribution >= 0.6 is 0 Å². The van der Waals surface area contributed by atoms with Crippen LogP contribution in [0.3, 0.4) is 0 Å². The van der Waals surface area contributed by atoms with Crippen molar-refractivity contribution in [3.05, 3.63) is 69.3 Å². The summed E-state index contributed by atoms with van der Waals surface area (Å²) in [5.41, 5.74) is 4.61. The molecule has 0 aliphatic carbocycles. The third kappa shape index (κ3) is 1.53. The lowest BCUT2D eigenvalue weighted by Crippen LogP contribution is -2.17. The van der Waals surface area contributed by atoms with Crippen molar-refractivity contribution in [1.82, 2.24) is 9.55 Å². The van der Waals surface area contributed by atoms with E-state index in [-0.39, 0.29) is 11.0 Å². The predicted octanol–water partition coefficient (Wildman–Crippen LogP) is 2.41. The van der Waals surface area contributed by atoms with Crippen LogP contribution in [0.15, 0.2) is 41.3 Å². The van der Waals surface area contributed by atoms with E-state index in [9.17, 15) is 9.59 Å². The molecule has 0 radical (unpaired) electrons. The largest absolute Gasteiger partial charge is 0.312 e. The van der Waals surface area contributed by atoms with E-state index in [4.69, 9.17) is 0 Å². The molecule has 1 aromatic carbocycles. The van der Waals surface area contributed by atoms with E-state index in [1.165, 1.54) is 0 Å². The van der Waals surface area contributed by atoms with E-state index >= 15 is 0 Å². The van der Waals surface area contributed by atoms with Crippen molar-refractivity contribution in [3.8, 4) is 5.69 Å². The molecule has 4 heteroatoms. The van der Waals surface area contributed by atoms with E-state index in [1.807, 2.05) is 41.8 Å². The van der Waals surface area contributed by atoms with E-state index in [2.05, 4.69) is 4.98 Å². The van der Waals surface area contributed by atoms with Gasteiger partial charge in [-0.05, 0) is 24.6 Å². The van der Waals surface area contributed by atoms with Crippen LogP contribution in [0.25, 0.3) is 16.6 Å². The molecule has 3 heterocycles. The highest BCUT2D eigenvalue weighted by Crippen LogP contribution is 2.31. The Labute approximate surface area is 120 Å². The molecule has 0 bridgehead atoms. The topological polar surface area (TPSA) is 52.0 Å². The minimum atomic E-state index is -0.230. The van der Waals surface area contributed by atoms with Gasteiger partial charge in [0.2, 0.25) is 5.43 Å². The van der Waals surface area contributed by atoms with Gasteiger partial charge in [0.15, 0.2) is 6.29 Å². The van der Waals surface area contributed by atoms with Gasteiger partial charge in [0, 0.05) is 29.7 Å². The molecule has 102 valence electrons. The molecule has 4 nitrogen and oxygen atoms in total. The number of nitrogens with zero attached hydrogens (tertiary/aromatic N) is 2. The molecular weight excluding hydrogens is 264 g/mol. The lowest BCUT2D eigenvalue weighted by atomic mass is 10.1. The van der Waals surface area contributed by atoms with Crippen molar-refractivity contribution in [2.24, 2.45) is 0 Å². The zero-order chi connectivity index (χ0) is 14.6. The predicted molar refractivity (Wildman–Crippen MR) is 80.3 cm³/mol. The highest BCUT2D eigenvalue weighted by Gasteiger charge is 2.24. The zero-order valence-electron chi connectivity index (χ0n) is 11.5. The lowest BCUT2D eigenvalue weighted by molar-refractivity contribution is 0.112. The third-order valence-electron chi connectivity index (χ3n) is 4.04. The number of benzene rings is 1. The monoisotopic (exact) mass is 276 g/mol. The first-order valence-electron chi connectivity index (χ1n) is 6.78. The second kappa shape index (κ2) is 4.12. The molecule has 1 aliphatic heterocycles. The molecule has 4 rings (SSSR count). The van der Waals surface area contributed by atoms with Crippen LogP contribution < -0.4 is 5.43 Å². The van der Waals surface area contributed by atoms with Crippen LogP contribution in [-0.4, -0.2) is 15.8 Å². The Morgan fingerprint density at radius 2 is 2.10 bits per heavy atom. The standard InChI is InChI=1S/C17H12N2O2/c1-10-6-15-12(8-18-10)17(21)13(9-20)16-7-11-4-2-3-5-14(11)19(15)16/h2-6,8-9H,7H2,1H3. The van der Waals surface area contributed by atoms with Crippen LogP contribution in [-0.2, 0) is 6.42 Å². The first kappa shape index (κ1) is 12.0. The first-order chi connectivity index (χ1) is 10.2. The number of carbonyl (C=O) groups excluding carboxylic acids is 1. The van der Waals surface area contributed by atoms with Crippen molar-refractivity contribution in [3.63, 3.8) is 0 Å². The van der Waals surface area contributed by atoms with Crippen molar-refractivity contribution in [2.75, 3.05) is 0 Å². The maximum atomic E-state index is 12.5. The summed E-state index contributed by atoms with van der Waals surface area (Å²) in [5, 5.41) is 0.489. The van der Waals surface area contributed by atoms with Gasteiger partial charge >= 0.3 is 0 Å². The van der Waals surface area contributed by atoms with Crippen molar-refractivity contribution in [2.45, 2.75) is 13.3 Å². The second-order valence-electron chi connectivity index (χ2n) is 5.29. The molecule has 0 spiro atoms. The Morgan fingerprint density at radius 1 is 1.29 bits per heavy atom. The molecule has 2 aromatic heterocycles. The zero-order valence-corrected chi connectivity index (χ0v) is 11.5. The van der Waals surface area contributed by atoms with E-state index < -0.39 is 0 Å². The summed E-state index contributed by atoms with van der Waals surface area (Å²) in [5.74, 6) is 0. The third-order valence-corrected chi connectivity index (χ3v) is 4.04. The van der Waals surface area contributed by atoms with Crippen LogP contribution in [0.5, 0.6) is 0 Å². The molecule has 21 heavy (non-hydrogen) atoms. The summed E-state index contributed by atoms with van der Waals surface area (Å²) in [6, 6.07) is 9.88. The molecule has 0 fully saturated rings. The fraction of sp³-hybridized carbons (Fsp3) is 0.118. The highest BCUT2D eigenvalue weighted by molar-refractivity contribution is 5.90. The molecule has 0 N–H and O–H groups in total. The molecule has 0 atom stereocenters. The van der Waals surface area contributed by atoms with Gasteiger partial charge in [0.25, 0.3) is 0 Å². The lowest BCUT2D eigenvalue weighted by Gasteiger charge is -2.12. The Morgan fingerprint density at radius 3 is 2.90 bits per heavy atom. The minimum Gasteiger partial charge on any atom is -0.312 e. The van der Waals surface area contributed by atoms with Gasteiger partial charge in [-0.2, -0.15) is 0 Å². The SMILES string of the molecule is Cc1cc2c(cn1)c(=O)c(C=O)c1n2-c2ccccc2C1. The molecule has 0 amide bonds. The van der Waals surface area contributed by atoms with E-state index in [1.54, 1.807) is 6.20 Å². The number of carbonyl (C=O) groups is 1. The quantitative estimate of drug-likeness (QED) is 0.502. The molecule has 3 aromatic rings. The summed E-state index contributed by atoms with van der Waals surface area (Å²) in [4.78, 5) is 28.1. The first-order valence-corrected chi connectivity index (χ1v) is 6.78. The summed E-state index contributed by atoms with van der Waals surface area (Å²) in [6.07, 6.45) is 2.84. The molecule has 0 saturated carbocycles. The number of hydrogen-bond acceptors (Lipinski definition) is 3. The van der Waals surface area contributed by atoms with Gasteiger partial charge in [0.05, 0.1) is 16.5 Å². The number of rotatable bonds is 1. The normalized spacial score (nSPS) is 12.2. The number of aldehydes is 1. The summed E-state index contributed by atoms with van der Waals surface area (Å²) < 4.78 is 2.02.